The Balaban J connectivity index is 1.70. The molecule has 3 N–H and O–H groups in total. The molecule has 3 heteroatoms. The van der Waals surface area contributed by atoms with E-state index in [-0.39, 0.29) is 0 Å². The molecule has 3 aliphatic rings. The average Bonchev–Trinajstić information content (AvgIpc) is 3.00. The Morgan fingerprint density at radius 3 is 2.67 bits per heavy atom. The first-order valence-corrected chi connectivity index (χ1v) is 12.2. The van der Waals surface area contributed by atoms with Crippen LogP contribution in [-0.2, 0) is 0 Å². The van der Waals surface area contributed by atoms with Crippen molar-refractivity contribution >= 4 is 0 Å². The molecule has 3 saturated carbocycles. The number of hydrogen-bond acceptors (Lipinski definition) is 3. The molecular weight excluding hydrogens is 372 g/mol. The van der Waals surface area contributed by atoms with Gasteiger partial charge in [-0.25, -0.2) is 0 Å². The molecule has 1 unspecified atom stereocenters. The third-order valence-electron chi connectivity index (χ3n) is 8.44. The molecule has 0 radical (unpaired) electrons. The van der Waals surface area contributed by atoms with Gasteiger partial charge in [-0.2, -0.15) is 0 Å². The van der Waals surface area contributed by atoms with E-state index in [0.717, 1.165) is 29.9 Å². The van der Waals surface area contributed by atoms with Gasteiger partial charge >= 0.3 is 0 Å². The van der Waals surface area contributed by atoms with Crippen LogP contribution < -0.4 is 0 Å². The van der Waals surface area contributed by atoms with E-state index in [1.807, 2.05) is 13.8 Å². The number of rotatable bonds is 6. The van der Waals surface area contributed by atoms with E-state index in [4.69, 9.17) is 0 Å². The Hall–Kier alpha value is -0.900. The summed E-state index contributed by atoms with van der Waals surface area (Å²) in [4.78, 5) is 0. The van der Waals surface area contributed by atoms with Crippen molar-refractivity contribution in [3.05, 3.63) is 35.5 Å². The largest absolute Gasteiger partial charge is 0.393 e. The Morgan fingerprint density at radius 2 is 1.97 bits per heavy atom. The number of fused-ring (bicyclic) bond motifs is 1. The molecule has 170 valence electrons. The van der Waals surface area contributed by atoms with E-state index in [9.17, 15) is 15.3 Å². The fraction of sp³-hybridized carbons (Fsp3) is 0.778. The van der Waals surface area contributed by atoms with Gasteiger partial charge in [-0.05, 0) is 93.1 Å². The molecule has 0 spiro atoms. The molecule has 0 saturated heterocycles. The molecule has 3 rings (SSSR count). The van der Waals surface area contributed by atoms with Gasteiger partial charge in [0.05, 0.1) is 17.8 Å². The Morgan fingerprint density at radius 1 is 1.23 bits per heavy atom. The van der Waals surface area contributed by atoms with Gasteiger partial charge in [-0.1, -0.05) is 51.0 Å². The molecule has 0 bridgehead atoms. The summed E-state index contributed by atoms with van der Waals surface area (Å²) in [5.74, 6) is 2.11. The minimum Gasteiger partial charge on any atom is -0.393 e. The SMILES string of the molecule is C=C1C(=CC=C2CCC[C@@]3(C)C2CC[C@@H]3[C@H](C)CCCC(C)(C)O)C[C@@H](O)C[C@H]1O. The maximum absolute atomic E-state index is 10.1. The molecule has 6 atom stereocenters. The topological polar surface area (TPSA) is 60.7 Å². The summed E-state index contributed by atoms with van der Waals surface area (Å²) in [7, 11) is 0. The fourth-order valence-electron chi connectivity index (χ4n) is 6.74. The minimum absolute atomic E-state index is 0.374. The van der Waals surface area contributed by atoms with E-state index in [0.29, 0.717) is 30.1 Å². The second kappa shape index (κ2) is 9.30. The quantitative estimate of drug-likeness (QED) is 0.520. The standard InChI is InChI=1S/C27H44O3/c1-18(8-6-14-26(3,4)30)23-12-13-24-20(9-7-15-27(23,24)5)10-11-21-16-22(28)17-25(29)19(21)2/h10-11,18,22-25,28-30H,2,6-9,12-17H2,1,3-5H3/t18-,22-,23-,24?,25-,27-/m1/s1. The van der Waals surface area contributed by atoms with Crippen molar-refractivity contribution in [1.82, 2.24) is 0 Å². The summed E-state index contributed by atoms with van der Waals surface area (Å²) in [6.45, 7) is 12.8. The highest BCUT2D eigenvalue weighted by Crippen LogP contribution is 2.60. The molecule has 3 fully saturated rings. The summed E-state index contributed by atoms with van der Waals surface area (Å²) in [6, 6.07) is 0. The molecule has 3 nitrogen and oxygen atoms in total. The number of aliphatic hydroxyl groups excluding tert-OH is 2. The van der Waals surface area contributed by atoms with Crippen LogP contribution in [0.3, 0.4) is 0 Å². The van der Waals surface area contributed by atoms with E-state index in [2.05, 4.69) is 32.6 Å². The van der Waals surface area contributed by atoms with Crippen LogP contribution in [0.1, 0.15) is 91.9 Å². The van der Waals surface area contributed by atoms with Gasteiger partial charge in [-0.3, -0.25) is 0 Å². The molecule has 3 aliphatic carbocycles. The van der Waals surface area contributed by atoms with Crippen molar-refractivity contribution in [2.45, 2.75) is 110 Å². The van der Waals surface area contributed by atoms with E-state index in [1.54, 1.807) is 5.57 Å². The van der Waals surface area contributed by atoms with Gasteiger partial charge in [0, 0.05) is 6.42 Å². The van der Waals surface area contributed by atoms with Crippen LogP contribution in [0.25, 0.3) is 0 Å². The summed E-state index contributed by atoms with van der Waals surface area (Å²) >= 11 is 0. The third-order valence-corrected chi connectivity index (χ3v) is 8.44. The van der Waals surface area contributed by atoms with Gasteiger partial charge in [0.1, 0.15) is 0 Å². The molecule has 0 aromatic rings. The van der Waals surface area contributed by atoms with E-state index >= 15 is 0 Å². The normalized spacial score (nSPS) is 38.8. The van der Waals surface area contributed by atoms with Crippen LogP contribution in [0.4, 0.5) is 0 Å². The van der Waals surface area contributed by atoms with Crippen LogP contribution >= 0.6 is 0 Å². The van der Waals surface area contributed by atoms with Crippen LogP contribution in [0.5, 0.6) is 0 Å². The van der Waals surface area contributed by atoms with E-state index < -0.39 is 17.8 Å². The zero-order valence-electron chi connectivity index (χ0n) is 19.7. The predicted molar refractivity (Wildman–Crippen MR) is 124 cm³/mol. The molecule has 0 aromatic heterocycles. The first-order chi connectivity index (χ1) is 14.0. The lowest BCUT2D eigenvalue weighted by Gasteiger charge is -2.44. The summed E-state index contributed by atoms with van der Waals surface area (Å²) in [5.41, 5.74) is 3.17. The molecule has 0 aromatic carbocycles. The molecule has 0 aliphatic heterocycles. The van der Waals surface area contributed by atoms with Crippen molar-refractivity contribution in [3.63, 3.8) is 0 Å². The highest BCUT2D eigenvalue weighted by atomic mass is 16.3. The van der Waals surface area contributed by atoms with Crippen LogP contribution in [-0.4, -0.2) is 33.1 Å². The number of allylic oxidation sites excluding steroid dienone is 3. The molecule has 30 heavy (non-hydrogen) atoms. The van der Waals surface area contributed by atoms with Crippen LogP contribution in [0, 0.1) is 23.2 Å². The molecular formula is C27H44O3. The van der Waals surface area contributed by atoms with Crippen LogP contribution in [0.15, 0.2) is 35.5 Å². The second-order valence-corrected chi connectivity index (χ2v) is 11.3. The highest BCUT2D eigenvalue weighted by Gasteiger charge is 2.50. The maximum atomic E-state index is 10.1. The maximum Gasteiger partial charge on any atom is 0.0811 e. The van der Waals surface area contributed by atoms with Gasteiger partial charge in [0.2, 0.25) is 0 Å². The lowest BCUT2D eigenvalue weighted by Crippen LogP contribution is -2.36. The lowest BCUT2D eigenvalue weighted by molar-refractivity contribution is 0.0596. The van der Waals surface area contributed by atoms with Crippen molar-refractivity contribution < 1.29 is 15.3 Å². The van der Waals surface area contributed by atoms with Crippen molar-refractivity contribution in [2.75, 3.05) is 0 Å². The minimum atomic E-state index is -0.615. The summed E-state index contributed by atoms with van der Waals surface area (Å²) < 4.78 is 0. The Bertz CT molecular complexity index is 683. The van der Waals surface area contributed by atoms with Crippen molar-refractivity contribution in [1.29, 1.82) is 0 Å². The summed E-state index contributed by atoms with van der Waals surface area (Å²) in [5, 5.41) is 30.2. The summed E-state index contributed by atoms with van der Waals surface area (Å²) in [6.07, 6.45) is 13.9. The van der Waals surface area contributed by atoms with Gasteiger partial charge < -0.3 is 15.3 Å². The highest BCUT2D eigenvalue weighted by molar-refractivity contribution is 5.38. The predicted octanol–water partition coefficient (Wildman–Crippen LogP) is 5.70. The van der Waals surface area contributed by atoms with Gasteiger partial charge in [-0.15, -0.1) is 0 Å². The number of aliphatic hydroxyl groups is 3. The van der Waals surface area contributed by atoms with Gasteiger partial charge in [0.15, 0.2) is 0 Å². The molecule has 0 amide bonds. The van der Waals surface area contributed by atoms with Crippen molar-refractivity contribution in [2.24, 2.45) is 23.2 Å². The van der Waals surface area contributed by atoms with Gasteiger partial charge in [0.25, 0.3) is 0 Å². The third kappa shape index (κ3) is 5.29. The second-order valence-electron chi connectivity index (χ2n) is 11.3. The lowest BCUT2D eigenvalue weighted by atomic mass is 9.60. The van der Waals surface area contributed by atoms with E-state index in [1.165, 1.54) is 38.5 Å². The fourth-order valence-corrected chi connectivity index (χ4v) is 6.74. The molecule has 0 heterocycles. The zero-order chi connectivity index (χ0) is 22.1. The van der Waals surface area contributed by atoms with Crippen molar-refractivity contribution in [3.8, 4) is 0 Å². The zero-order valence-corrected chi connectivity index (χ0v) is 19.7. The first-order valence-electron chi connectivity index (χ1n) is 12.2. The Labute approximate surface area is 184 Å². The van der Waals surface area contributed by atoms with Crippen LogP contribution in [0.2, 0.25) is 0 Å². The smallest absolute Gasteiger partial charge is 0.0811 e. The number of hydrogen-bond donors (Lipinski definition) is 3. The monoisotopic (exact) mass is 416 g/mol. The first kappa shape index (κ1) is 23.8. The Kier molecular flexibility index (Phi) is 7.37. The average molecular weight is 417 g/mol.